The highest BCUT2D eigenvalue weighted by Gasteiger charge is 2.25. The fourth-order valence-electron chi connectivity index (χ4n) is 14.9. The van der Waals surface area contributed by atoms with E-state index in [1.165, 1.54) is 411 Å². The van der Waals surface area contributed by atoms with Gasteiger partial charge in [0.2, 0.25) is 0 Å². The zero-order valence-corrected chi connectivity index (χ0v) is 72.6. The minimum absolute atomic E-state index is 0.174. The van der Waals surface area contributed by atoms with Gasteiger partial charge in [-0.05, 0) is 51.4 Å². The van der Waals surface area contributed by atoms with Crippen LogP contribution in [-0.2, 0) is 33.3 Å². The number of carboxylic acid groups (broad SMARTS) is 1. The van der Waals surface area contributed by atoms with Crippen molar-refractivity contribution in [1.82, 2.24) is 0 Å². The summed E-state index contributed by atoms with van der Waals surface area (Å²) in [6.07, 6.45) is 116. The minimum atomic E-state index is -1.51. The van der Waals surface area contributed by atoms with E-state index < -0.39 is 18.4 Å². The van der Waals surface area contributed by atoms with Crippen molar-refractivity contribution in [2.24, 2.45) is 0 Å². The van der Waals surface area contributed by atoms with Crippen molar-refractivity contribution >= 4 is 17.9 Å². The molecule has 0 aliphatic heterocycles. The molecule has 0 aromatic carbocycles. The molecule has 0 saturated heterocycles. The molecule has 630 valence electrons. The van der Waals surface area contributed by atoms with E-state index in [9.17, 15) is 19.5 Å². The first-order chi connectivity index (χ1) is 52.6. The molecule has 0 saturated carbocycles. The number of allylic oxidation sites excluding steroid dienone is 8. The van der Waals surface area contributed by atoms with Crippen LogP contribution in [0.1, 0.15) is 502 Å². The Morgan fingerprint density at radius 1 is 0.290 bits per heavy atom. The number of ether oxygens (including phenoxy) is 4. The third-order valence-electron chi connectivity index (χ3n) is 22.1. The number of carbonyl (C=O) groups excluding carboxylic acids is 2. The van der Waals surface area contributed by atoms with Crippen molar-refractivity contribution in [3.63, 3.8) is 0 Å². The Hall–Kier alpha value is -2.75. The number of hydrogen-bond acceptors (Lipinski definition) is 7. The van der Waals surface area contributed by atoms with Crippen molar-refractivity contribution in [2.45, 2.75) is 514 Å². The summed E-state index contributed by atoms with van der Waals surface area (Å²) in [7, 11) is 6.01. The lowest BCUT2D eigenvalue weighted by Crippen LogP contribution is -2.40. The molecule has 2 unspecified atom stereocenters. The van der Waals surface area contributed by atoms with Crippen molar-refractivity contribution < 1.29 is 42.9 Å². The number of nitrogens with zero attached hydrogens (tertiary/aromatic N) is 1. The molecule has 0 bridgehead atoms. The van der Waals surface area contributed by atoms with Crippen molar-refractivity contribution in [3.05, 3.63) is 48.6 Å². The molecule has 0 radical (unpaired) electrons. The Kier molecular flexibility index (Phi) is 86.5. The Morgan fingerprint density at radius 3 is 0.794 bits per heavy atom. The molecular weight excluding hydrogens is 1320 g/mol. The van der Waals surface area contributed by atoms with Crippen molar-refractivity contribution in [1.29, 1.82) is 0 Å². The number of quaternary nitrogens is 1. The van der Waals surface area contributed by atoms with Crippen LogP contribution >= 0.6 is 0 Å². The monoisotopic (exact) mass is 1510 g/mol. The van der Waals surface area contributed by atoms with Gasteiger partial charge in [0.15, 0.2) is 6.10 Å². The van der Waals surface area contributed by atoms with Gasteiger partial charge in [-0.2, -0.15) is 0 Å². The number of unbranched alkanes of at least 4 members (excludes halogenated alkanes) is 68. The van der Waals surface area contributed by atoms with Gasteiger partial charge in [-0.15, -0.1) is 0 Å². The maximum absolute atomic E-state index is 13.0. The highest BCUT2D eigenvalue weighted by atomic mass is 16.7. The standard InChI is InChI=1S/C98H185NO8/c1-6-8-10-12-14-16-18-20-22-24-26-28-30-32-34-36-38-40-42-44-46-48-50-52-54-56-58-60-62-64-66-68-70-72-74-76-78-80-82-84-86-88-95(100)105-92-94(93-106-98(97(102)103)104-91-90-99(3,4)5)107-96(101)89-87-85-83-81-79-77-75-73-71-69-67-65-63-61-59-57-55-53-51-49-47-45-43-41-39-37-35-33-31-29-27-25-23-21-19-17-15-13-11-9-7-2/h9,11,15,17,21,23,27,29,94,98H,6-8,10,12-14,16,18-20,22,24-26,28,30-93H2,1-5H3/p+1/b11-9-,17-15-,23-21-,29-27-. The Bertz CT molecular complexity index is 1910. The van der Waals surface area contributed by atoms with Crippen LogP contribution in [0.5, 0.6) is 0 Å². The summed E-state index contributed by atoms with van der Waals surface area (Å²) in [5, 5.41) is 9.80. The third-order valence-corrected chi connectivity index (χ3v) is 22.1. The molecule has 0 rings (SSSR count). The van der Waals surface area contributed by atoms with Gasteiger partial charge < -0.3 is 28.5 Å². The quantitative estimate of drug-likeness (QED) is 0.0211. The van der Waals surface area contributed by atoms with Gasteiger partial charge in [0, 0.05) is 12.8 Å². The molecule has 0 aromatic heterocycles. The first-order valence-corrected chi connectivity index (χ1v) is 47.8. The van der Waals surface area contributed by atoms with Gasteiger partial charge in [0.25, 0.3) is 6.29 Å². The van der Waals surface area contributed by atoms with E-state index in [1.54, 1.807) is 0 Å². The lowest BCUT2D eigenvalue weighted by Gasteiger charge is -2.25. The molecule has 1 N–H and O–H groups in total. The number of likely N-dealkylation sites (N-methyl/N-ethyl adjacent to an activating group) is 1. The molecule has 0 aliphatic rings. The molecule has 0 heterocycles. The van der Waals surface area contributed by atoms with Gasteiger partial charge in [0.1, 0.15) is 13.2 Å². The highest BCUT2D eigenvalue weighted by molar-refractivity contribution is 5.71. The van der Waals surface area contributed by atoms with Crippen LogP contribution < -0.4 is 0 Å². The second-order valence-corrected chi connectivity index (χ2v) is 34.0. The van der Waals surface area contributed by atoms with Crippen molar-refractivity contribution in [3.8, 4) is 0 Å². The molecule has 0 spiro atoms. The summed E-state index contributed by atoms with van der Waals surface area (Å²) in [5.41, 5.74) is 0. The largest absolute Gasteiger partial charge is 0.477 e. The lowest BCUT2D eigenvalue weighted by molar-refractivity contribution is -0.870. The van der Waals surface area contributed by atoms with Crippen LogP contribution in [0.2, 0.25) is 0 Å². The van der Waals surface area contributed by atoms with E-state index in [0.29, 0.717) is 17.4 Å². The fourth-order valence-corrected chi connectivity index (χ4v) is 14.9. The molecule has 9 nitrogen and oxygen atoms in total. The van der Waals surface area contributed by atoms with Gasteiger partial charge in [0.05, 0.1) is 34.4 Å². The lowest BCUT2D eigenvalue weighted by atomic mass is 10.0. The van der Waals surface area contributed by atoms with E-state index in [4.69, 9.17) is 18.9 Å². The van der Waals surface area contributed by atoms with Gasteiger partial charge in [-0.1, -0.05) is 486 Å². The number of hydrogen-bond donors (Lipinski definition) is 1. The third kappa shape index (κ3) is 90.3. The molecule has 0 amide bonds. The maximum Gasteiger partial charge on any atom is 0.361 e. The van der Waals surface area contributed by atoms with Gasteiger partial charge in [-0.25, -0.2) is 4.79 Å². The number of esters is 2. The topological polar surface area (TPSA) is 108 Å². The Morgan fingerprint density at radius 2 is 0.533 bits per heavy atom. The average molecular weight is 1510 g/mol. The molecule has 0 fully saturated rings. The molecule has 0 aromatic rings. The molecule has 9 heteroatoms. The first kappa shape index (κ1) is 104. The van der Waals surface area contributed by atoms with Crippen LogP contribution in [0.15, 0.2) is 48.6 Å². The second-order valence-electron chi connectivity index (χ2n) is 34.0. The zero-order chi connectivity index (χ0) is 77.4. The number of carboxylic acids is 1. The average Bonchev–Trinajstić information content (AvgIpc) is 0.965. The number of aliphatic carboxylic acids is 1. The van der Waals surface area contributed by atoms with Gasteiger partial charge in [-0.3, -0.25) is 9.59 Å². The smallest absolute Gasteiger partial charge is 0.361 e. The van der Waals surface area contributed by atoms with Crippen molar-refractivity contribution in [2.75, 3.05) is 47.5 Å². The number of carbonyl (C=O) groups is 3. The Balaban J connectivity index is 3.85. The van der Waals surface area contributed by atoms with E-state index in [2.05, 4.69) is 62.5 Å². The zero-order valence-electron chi connectivity index (χ0n) is 72.6. The van der Waals surface area contributed by atoms with E-state index in [1.807, 2.05) is 21.1 Å². The van der Waals surface area contributed by atoms with E-state index in [-0.39, 0.29) is 38.2 Å². The van der Waals surface area contributed by atoms with Crippen LogP contribution in [0.4, 0.5) is 0 Å². The normalized spacial score (nSPS) is 12.7. The summed E-state index contributed by atoms with van der Waals surface area (Å²) in [4.78, 5) is 37.9. The Labute approximate surface area is 667 Å². The highest BCUT2D eigenvalue weighted by Crippen LogP contribution is 2.22. The summed E-state index contributed by atoms with van der Waals surface area (Å²) >= 11 is 0. The summed E-state index contributed by atoms with van der Waals surface area (Å²) in [5.74, 6) is -1.96. The van der Waals surface area contributed by atoms with Crippen LogP contribution in [0.25, 0.3) is 0 Å². The minimum Gasteiger partial charge on any atom is -0.477 e. The van der Waals surface area contributed by atoms with Crippen LogP contribution in [-0.4, -0.2) is 87.4 Å². The predicted octanol–water partition coefficient (Wildman–Crippen LogP) is 31.5. The summed E-state index contributed by atoms with van der Waals surface area (Å²) in [6.45, 7) is 4.86. The number of rotatable bonds is 91. The molecule has 2 atom stereocenters. The molecule has 0 aliphatic carbocycles. The summed E-state index contributed by atoms with van der Waals surface area (Å²) < 4.78 is 23.1. The molecular formula is C98H186NO8+. The van der Waals surface area contributed by atoms with E-state index in [0.717, 1.165) is 64.2 Å². The maximum atomic E-state index is 13.0. The SMILES string of the molecule is CC/C=C\C/C=C\C/C=C\C/C=C\CCCCCCCCCCCCCCCCCCCCCCCCCCCCCCC(=O)OC(COC(=O)CCCCCCCCCCCCCCCCCCCCCCCCCCCCCCCCCCCCCCCCCCC)COC(OCC[N+](C)(C)C)C(=O)O. The van der Waals surface area contributed by atoms with Gasteiger partial charge >= 0.3 is 17.9 Å². The predicted molar refractivity (Wildman–Crippen MR) is 466 cm³/mol. The van der Waals surface area contributed by atoms with Crippen LogP contribution in [0, 0.1) is 0 Å². The fraction of sp³-hybridized carbons (Fsp3) is 0.888. The first-order valence-electron chi connectivity index (χ1n) is 47.8. The molecule has 107 heavy (non-hydrogen) atoms. The summed E-state index contributed by atoms with van der Waals surface area (Å²) in [6, 6.07) is 0. The van der Waals surface area contributed by atoms with Crippen LogP contribution in [0.3, 0.4) is 0 Å². The second kappa shape index (κ2) is 88.8. The van der Waals surface area contributed by atoms with E-state index >= 15 is 0 Å².